The van der Waals surface area contributed by atoms with E-state index in [2.05, 4.69) is 11.6 Å². The first-order valence-electron chi connectivity index (χ1n) is 6.45. The molecule has 106 valence electrons. The molecule has 0 radical (unpaired) electrons. The molecule has 0 saturated carbocycles. The van der Waals surface area contributed by atoms with E-state index in [4.69, 9.17) is 21.1 Å². The molecule has 0 aliphatic rings. The Morgan fingerprint density at radius 2 is 2.15 bits per heavy atom. The molecule has 1 aromatic heterocycles. The predicted molar refractivity (Wildman–Crippen MR) is 82.4 cm³/mol. The summed E-state index contributed by atoms with van der Waals surface area (Å²) in [5.41, 5.74) is 2.82. The zero-order valence-electron chi connectivity index (χ0n) is 11.8. The predicted octanol–water partition coefficient (Wildman–Crippen LogP) is 4.38. The number of pyridine rings is 1. The largest absolute Gasteiger partial charge is 0.497 e. The monoisotopic (exact) mass is 291 g/mol. The van der Waals surface area contributed by atoms with Crippen molar-refractivity contribution in [3.63, 3.8) is 0 Å². The van der Waals surface area contributed by atoms with Crippen molar-refractivity contribution >= 4 is 22.5 Å². The van der Waals surface area contributed by atoms with Gasteiger partial charge >= 0.3 is 0 Å². The molecule has 3 nitrogen and oxygen atoms in total. The average Bonchev–Trinajstić information content (AvgIpc) is 2.43. The molecular weight excluding hydrogens is 274 g/mol. The fraction of sp³-hybridized carbons (Fsp3) is 0.312. The molecule has 0 N–H and O–H groups in total. The van der Waals surface area contributed by atoms with Crippen molar-refractivity contribution in [1.29, 1.82) is 0 Å². The second-order valence-electron chi connectivity index (χ2n) is 4.76. The highest BCUT2D eigenvalue weighted by atomic mass is 35.5. The van der Waals surface area contributed by atoms with Gasteiger partial charge in [0.25, 0.3) is 0 Å². The summed E-state index contributed by atoms with van der Waals surface area (Å²) in [7, 11) is 1.63. The quantitative estimate of drug-likeness (QED) is 0.450. The van der Waals surface area contributed by atoms with Crippen LogP contribution in [0.15, 0.2) is 36.4 Å². The van der Waals surface area contributed by atoms with Crippen LogP contribution in [-0.4, -0.2) is 18.7 Å². The number of ether oxygens (including phenoxy) is 2. The normalized spacial score (nSPS) is 10.8. The van der Waals surface area contributed by atoms with Crippen LogP contribution in [0.5, 0.6) is 5.75 Å². The van der Waals surface area contributed by atoms with Crippen molar-refractivity contribution in [2.75, 3.05) is 13.7 Å². The Kier molecular flexibility index (Phi) is 4.99. The minimum Gasteiger partial charge on any atom is -0.497 e. The summed E-state index contributed by atoms with van der Waals surface area (Å²) < 4.78 is 10.8. The first-order chi connectivity index (χ1) is 9.60. The van der Waals surface area contributed by atoms with Gasteiger partial charge in [0.1, 0.15) is 10.9 Å². The molecule has 0 aliphatic heterocycles. The standard InChI is InChI=1S/C16H18ClNO2/c1-11(2)6-7-20-10-13-8-12-4-5-14(19-3)9-15(12)18-16(13)17/h4-5,8-9H,1,6-7,10H2,2-3H3. The van der Waals surface area contributed by atoms with Gasteiger partial charge in [0.2, 0.25) is 0 Å². The third kappa shape index (κ3) is 3.71. The van der Waals surface area contributed by atoms with E-state index in [1.54, 1.807) is 7.11 Å². The number of halogens is 1. The van der Waals surface area contributed by atoms with Crippen LogP contribution in [0.4, 0.5) is 0 Å². The Balaban J connectivity index is 2.14. The summed E-state index contributed by atoms with van der Waals surface area (Å²) in [6.45, 7) is 6.94. The summed E-state index contributed by atoms with van der Waals surface area (Å²) in [5, 5.41) is 1.50. The zero-order valence-corrected chi connectivity index (χ0v) is 12.5. The SMILES string of the molecule is C=C(C)CCOCc1cc2ccc(OC)cc2nc1Cl. The van der Waals surface area contributed by atoms with Crippen LogP contribution >= 0.6 is 11.6 Å². The highest BCUT2D eigenvalue weighted by Crippen LogP contribution is 2.24. The van der Waals surface area contributed by atoms with Crippen LogP contribution < -0.4 is 4.74 Å². The van der Waals surface area contributed by atoms with E-state index >= 15 is 0 Å². The Morgan fingerprint density at radius 1 is 1.35 bits per heavy atom. The molecular formula is C16H18ClNO2. The van der Waals surface area contributed by atoms with Crippen LogP contribution in [-0.2, 0) is 11.3 Å². The lowest BCUT2D eigenvalue weighted by Crippen LogP contribution is -1.98. The van der Waals surface area contributed by atoms with Gasteiger partial charge in [-0.3, -0.25) is 0 Å². The molecule has 0 saturated heterocycles. The van der Waals surface area contributed by atoms with E-state index in [1.807, 2.05) is 31.2 Å². The first-order valence-corrected chi connectivity index (χ1v) is 6.83. The van der Waals surface area contributed by atoms with Crippen LogP contribution in [0.2, 0.25) is 5.15 Å². The van der Waals surface area contributed by atoms with Gasteiger partial charge in [-0.05, 0) is 31.5 Å². The molecule has 4 heteroatoms. The van der Waals surface area contributed by atoms with Crippen LogP contribution in [0, 0.1) is 0 Å². The van der Waals surface area contributed by atoms with Crippen molar-refractivity contribution in [3.8, 4) is 5.75 Å². The molecule has 0 aliphatic carbocycles. The zero-order chi connectivity index (χ0) is 14.5. The Morgan fingerprint density at radius 3 is 2.85 bits per heavy atom. The summed E-state index contributed by atoms with van der Waals surface area (Å²) in [4.78, 5) is 4.39. The molecule has 0 unspecified atom stereocenters. The van der Waals surface area contributed by atoms with Gasteiger partial charge < -0.3 is 9.47 Å². The number of hydrogen-bond donors (Lipinski definition) is 0. The summed E-state index contributed by atoms with van der Waals surface area (Å²) in [6.07, 6.45) is 0.857. The van der Waals surface area contributed by atoms with E-state index in [1.165, 1.54) is 0 Å². The van der Waals surface area contributed by atoms with Crippen molar-refractivity contribution in [2.45, 2.75) is 20.0 Å². The summed E-state index contributed by atoms with van der Waals surface area (Å²) >= 11 is 6.19. The highest BCUT2D eigenvalue weighted by Gasteiger charge is 2.06. The Bertz CT molecular complexity index is 625. The molecule has 0 spiro atoms. The molecule has 0 amide bonds. The molecule has 20 heavy (non-hydrogen) atoms. The maximum Gasteiger partial charge on any atom is 0.135 e. The average molecular weight is 292 g/mol. The maximum atomic E-state index is 6.19. The van der Waals surface area contributed by atoms with Gasteiger partial charge in [-0.25, -0.2) is 4.98 Å². The summed E-state index contributed by atoms with van der Waals surface area (Å²) in [6, 6.07) is 7.75. The van der Waals surface area contributed by atoms with Gasteiger partial charge in [-0.1, -0.05) is 17.2 Å². The fourth-order valence-corrected chi connectivity index (χ4v) is 2.02. The Hall–Kier alpha value is -1.58. The lowest BCUT2D eigenvalue weighted by Gasteiger charge is -2.08. The lowest BCUT2D eigenvalue weighted by molar-refractivity contribution is 0.124. The second kappa shape index (κ2) is 6.73. The molecule has 0 bridgehead atoms. The topological polar surface area (TPSA) is 31.4 Å². The lowest BCUT2D eigenvalue weighted by atomic mass is 10.1. The third-order valence-electron chi connectivity index (χ3n) is 2.98. The highest BCUT2D eigenvalue weighted by molar-refractivity contribution is 6.30. The van der Waals surface area contributed by atoms with Gasteiger partial charge in [0, 0.05) is 17.0 Å². The third-order valence-corrected chi connectivity index (χ3v) is 3.31. The Labute approximate surface area is 124 Å². The van der Waals surface area contributed by atoms with Crippen molar-refractivity contribution in [1.82, 2.24) is 4.98 Å². The minimum absolute atomic E-state index is 0.459. The van der Waals surface area contributed by atoms with Gasteiger partial charge in [-0.2, -0.15) is 0 Å². The van der Waals surface area contributed by atoms with Gasteiger partial charge in [0.15, 0.2) is 0 Å². The molecule has 2 rings (SSSR count). The number of aromatic nitrogens is 1. The second-order valence-corrected chi connectivity index (χ2v) is 5.11. The molecule has 2 aromatic rings. The number of nitrogens with zero attached hydrogens (tertiary/aromatic N) is 1. The molecule has 0 fully saturated rings. The number of benzene rings is 1. The van der Waals surface area contributed by atoms with Gasteiger partial charge in [0.05, 0.1) is 25.8 Å². The van der Waals surface area contributed by atoms with Crippen molar-refractivity contribution in [3.05, 3.63) is 47.1 Å². The smallest absolute Gasteiger partial charge is 0.135 e. The van der Waals surface area contributed by atoms with E-state index in [-0.39, 0.29) is 0 Å². The number of methoxy groups -OCH3 is 1. The van der Waals surface area contributed by atoms with E-state index in [0.717, 1.165) is 34.2 Å². The van der Waals surface area contributed by atoms with Crippen molar-refractivity contribution in [2.24, 2.45) is 0 Å². The van der Waals surface area contributed by atoms with E-state index in [0.29, 0.717) is 18.4 Å². The first kappa shape index (κ1) is 14.8. The number of rotatable bonds is 6. The van der Waals surface area contributed by atoms with Gasteiger partial charge in [-0.15, -0.1) is 6.58 Å². The minimum atomic E-state index is 0.459. The van der Waals surface area contributed by atoms with Crippen molar-refractivity contribution < 1.29 is 9.47 Å². The number of fused-ring (bicyclic) bond motifs is 1. The fourth-order valence-electron chi connectivity index (χ4n) is 1.82. The van der Waals surface area contributed by atoms with E-state index in [9.17, 15) is 0 Å². The molecule has 1 heterocycles. The molecule has 1 aromatic carbocycles. The molecule has 0 atom stereocenters. The van der Waals surface area contributed by atoms with Crippen LogP contribution in [0.25, 0.3) is 10.9 Å². The summed E-state index contributed by atoms with van der Waals surface area (Å²) in [5.74, 6) is 0.770. The maximum absolute atomic E-state index is 6.19. The van der Waals surface area contributed by atoms with Crippen LogP contribution in [0.1, 0.15) is 18.9 Å². The van der Waals surface area contributed by atoms with E-state index < -0.39 is 0 Å². The number of hydrogen-bond acceptors (Lipinski definition) is 3. The van der Waals surface area contributed by atoms with Crippen LogP contribution in [0.3, 0.4) is 0 Å².